The van der Waals surface area contributed by atoms with Gasteiger partial charge >= 0.3 is 0 Å². The zero-order chi connectivity index (χ0) is 24.2. The minimum atomic E-state index is -0.422. The number of anilines is 1. The fourth-order valence-electron chi connectivity index (χ4n) is 3.41. The van der Waals surface area contributed by atoms with Gasteiger partial charge in [0.2, 0.25) is 11.7 Å². The molecule has 0 saturated heterocycles. The van der Waals surface area contributed by atoms with Crippen LogP contribution in [0, 0.1) is 0 Å². The van der Waals surface area contributed by atoms with E-state index in [0.717, 1.165) is 17.4 Å². The number of thioether (sulfide) groups is 1. The number of nitrogens with one attached hydrogen (secondary N) is 2. The number of carbonyl (C=O) groups excluding carboxylic acids is 2. The molecular formula is C23H23N7O3S. The molecule has 2 aromatic heterocycles. The van der Waals surface area contributed by atoms with Crippen LogP contribution in [0.5, 0.6) is 0 Å². The highest BCUT2D eigenvalue weighted by Crippen LogP contribution is 2.21. The number of fused-ring (bicyclic) bond motifs is 3. The quantitative estimate of drug-likeness (QED) is 0.237. The molecule has 4 rings (SSSR count). The number of carbonyl (C=O) groups is 2. The van der Waals surface area contributed by atoms with E-state index in [0.29, 0.717) is 27.4 Å². The predicted octanol–water partition coefficient (Wildman–Crippen LogP) is 1.85. The number of hydrogen-bond acceptors (Lipinski definition) is 7. The van der Waals surface area contributed by atoms with Crippen LogP contribution in [-0.4, -0.2) is 50.8 Å². The van der Waals surface area contributed by atoms with Crippen LogP contribution in [0.25, 0.3) is 16.7 Å². The van der Waals surface area contributed by atoms with Gasteiger partial charge in [0, 0.05) is 31.9 Å². The molecule has 0 radical (unpaired) electrons. The summed E-state index contributed by atoms with van der Waals surface area (Å²) in [5, 5.41) is 9.30. The lowest BCUT2D eigenvalue weighted by atomic mass is 10.2. The molecule has 2 N–H and O–H groups in total. The van der Waals surface area contributed by atoms with E-state index in [4.69, 9.17) is 0 Å². The first-order valence-electron chi connectivity index (χ1n) is 10.4. The second kappa shape index (κ2) is 9.79. The maximum absolute atomic E-state index is 12.9. The van der Waals surface area contributed by atoms with E-state index >= 15 is 0 Å². The molecule has 0 saturated carbocycles. The van der Waals surface area contributed by atoms with Crippen molar-refractivity contribution in [1.29, 1.82) is 0 Å². The van der Waals surface area contributed by atoms with Gasteiger partial charge in [-0.05, 0) is 30.3 Å². The van der Waals surface area contributed by atoms with Crippen molar-refractivity contribution in [3.05, 3.63) is 77.1 Å². The van der Waals surface area contributed by atoms with E-state index in [2.05, 4.69) is 27.6 Å². The van der Waals surface area contributed by atoms with Crippen molar-refractivity contribution in [2.45, 2.75) is 11.7 Å². The highest BCUT2D eigenvalue weighted by Gasteiger charge is 2.17. The molecule has 0 fully saturated rings. The van der Waals surface area contributed by atoms with Crippen LogP contribution in [0.2, 0.25) is 0 Å². The van der Waals surface area contributed by atoms with E-state index < -0.39 is 11.8 Å². The third-order valence-electron chi connectivity index (χ3n) is 5.06. The Kier molecular flexibility index (Phi) is 6.64. The maximum Gasteiger partial charge on any atom is 0.269 e. The highest BCUT2D eigenvalue weighted by molar-refractivity contribution is 7.99. The molecule has 0 bridgehead atoms. The number of para-hydroxylation sites is 1. The summed E-state index contributed by atoms with van der Waals surface area (Å²) in [6, 6.07) is 14.2. The number of benzene rings is 2. The van der Waals surface area contributed by atoms with Crippen LogP contribution in [0.4, 0.5) is 5.69 Å². The van der Waals surface area contributed by atoms with Gasteiger partial charge in [-0.15, -0.1) is 16.8 Å². The molecule has 0 aliphatic carbocycles. The second-order valence-corrected chi connectivity index (χ2v) is 8.52. The SMILES string of the molecule is C=CCn1c(=O)c2ccccc2n2c(SCC(=O)NNC(=O)c3cccc(N(C)C)c3)nnc12. The Morgan fingerprint density at radius 1 is 1.12 bits per heavy atom. The lowest BCUT2D eigenvalue weighted by Crippen LogP contribution is -2.42. The van der Waals surface area contributed by atoms with Gasteiger partial charge in [0.25, 0.3) is 11.5 Å². The van der Waals surface area contributed by atoms with E-state index in [1.165, 1.54) is 4.57 Å². The number of aromatic nitrogens is 4. The summed E-state index contributed by atoms with van der Waals surface area (Å²) in [4.78, 5) is 39.5. The topological polar surface area (TPSA) is 114 Å². The lowest BCUT2D eigenvalue weighted by Gasteiger charge is -2.13. The van der Waals surface area contributed by atoms with Gasteiger partial charge in [0.1, 0.15) is 0 Å². The molecule has 0 spiro atoms. The fraction of sp³-hybridized carbons (Fsp3) is 0.174. The second-order valence-electron chi connectivity index (χ2n) is 7.58. The number of nitrogens with zero attached hydrogens (tertiary/aromatic N) is 5. The van der Waals surface area contributed by atoms with Crippen molar-refractivity contribution in [1.82, 2.24) is 30.0 Å². The number of rotatable bonds is 7. The van der Waals surface area contributed by atoms with Crippen LogP contribution in [0.15, 0.2) is 71.1 Å². The average molecular weight is 478 g/mol. The number of allylic oxidation sites excluding steroid dienone is 1. The van der Waals surface area contributed by atoms with Gasteiger partial charge in [-0.2, -0.15) is 0 Å². The third-order valence-corrected chi connectivity index (χ3v) is 5.99. The Bertz CT molecular complexity index is 1460. The Labute approximate surface area is 199 Å². The molecule has 2 heterocycles. The summed E-state index contributed by atoms with van der Waals surface area (Å²) in [5.41, 5.74) is 6.59. The Hall–Kier alpha value is -4.12. The van der Waals surface area contributed by atoms with Crippen molar-refractivity contribution >= 4 is 45.9 Å². The van der Waals surface area contributed by atoms with Crippen molar-refractivity contribution in [3.63, 3.8) is 0 Å². The molecule has 0 aliphatic rings. The van der Waals surface area contributed by atoms with Gasteiger partial charge in [-0.1, -0.05) is 36.0 Å². The third kappa shape index (κ3) is 4.50. The predicted molar refractivity (Wildman–Crippen MR) is 132 cm³/mol. The van der Waals surface area contributed by atoms with Crippen molar-refractivity contribution in [2.75, 3.05) is 24.7 Å². The van der Waals surface area contributed by atoms with E-state index in [1.807, 2.05) is 31.1 Å². The molecule has 2 aromatic carbocycles. The molecule has 34 heavy (non-hydrogen) atoms. The van der Waals surface area contributed by atoms with Crippen molar-refractivity contribution < 1.29 is 9.59 Å². The average Bonchev–Trinajstić information content (AvgIpc) is 3.27. The highest BCUT2D eigenvalue weighted by atomic mass is 32.2. The Morgan fingerprint density at radius 3 is 2.68 bits per heavy atom. The standard InChI is InChI=1S/C23H23N7O3S/c1-4-12-29-21(33)17-10-5-6-11-18(17)30-22(29)26-27-23(30)34-14-19(31)24-25-20(32)15-8-7-9-16(13-15)28(2)3/h4-11,13H,1,12,14H2,2-3H3,(H,24,31)(H,25,32). The molecule has 11 heteroatoms. The largest absolute Gasteiger partial charge is 0.378 e. The van der Waals surface area contributed by atoms with E-state index in [-0.39, 0.29) is 17.9 Å². The number of hydrogen-bond donors (Lipinski definition) is 2. The summed E-state index contributed by atoms with van der Waals surface area (Å²) < 4.78 is 3.22. The van der Waals surface area contributed by atoms with Crippen LogP contribution in [0.3, 0.4) is 0 Å². The van der Waals surface area contributed by atoms with E-state index in [9.17, 15) is 14.4 Å². The van der Waals surface area contributed by atoms with E-state index in [1.54, 1.807) is 46.9 Å². The fourth-order valence-corrected chi connectivity index (χ4v) is 4.15. The number of hydrazine groups is 1. The summed E-state index contributed by atoms with van der Waals surface area (Å²) in [6.45, 7) is 3.98. The lowest BCUT2D eigenvalue weighted by molar-refractivity contribution is -0.119. The minimum Gasteiger partial charge on any atom is -0.378 e. The first-order valence-corrected chi connectivity index (χ1v) is 11.4. The summed E-state index contributed by atoms with van der Waals surface area (Å²) in [7, 11) is 3.76. The molecule has 2 amide bonds. The monoisotopic (exact) mass is 477 g/mol. The first kappa shape index (κ1) is 23.1. The van der Waals surface area contributed by atoms with Gasteiger partial charge < -0.3 is 4.90 Å². The maximum atomic E-state index is 12.9. The van der Waals surface area contributed by atoms with Gasteiger partial charge in [-0.3, -0.25) is 34.2 Å². The first-order chi connectivity index (χ1) is 16.4. The Balaban J connectivity index is 1.49. The van der Waals surface area contributed by atoms with Crippen LogP contribution >= 0.6 is 11.8 Å². The minimum absolute atomic E-state index is 0.0201. The molecule has 0 atom stereocenters. The van der Waals surface area contributed by atoms with Gasteiger partial charge in [0.05, 0.1) is 16.7 Å². The molecular weight excluding hydrogens is 454 g/mol. The van der Waals surface area contributed by atoms with Crippen LogP contribution < -0.4 is 21.3 Å². The zero-order valence-electron chi connectivity index (χ0n) is 18.7. The summed E-state index contributed by atoms with van der Waals surface area (Å²) in [6.07, 6.45) is 1.61. The van der Waals surface area contributed by atoms with Crippen molar-refractivity contribution in [2.24, 2.45) is 0 Å². The zero-order valence-corrected chi connectivity index (χ0v) is 19.5. The van der Waals surface area contributed by atoms with Gasteiger partial charge in [0.15, 0.2) is 5.16 Å². The van der Waals surface area contributed by atoms with Gasteiger partial charge in [-0.25, -0.2) is 0 Å². The molecule has 10 nitrogen and oxygen atoms in total. The molecule has 0 aliphatic heterocycles. The van der Waals surface area contributed by atoms with Crippen LogP contribution in [-0.2, 0) is 11.3 Å². The molecule has 4 aromatic rings. The normalized spacial score (nSPS) is 10.9. The molecule has 0 unspecified atom stereocenters. The van der Waals surface area contributed by atoms with Crippen molar-refractivity contribution in [3.8, 4) is 0 Å². The Morgan fingerprint density at radius 2 is 1.91 bits per heavy atom. The molecule has 174 valence electrons. The summed E-state index contributed by atoms with van der Waals surface area (Å²) in [5.74, 6) is -0.495. The smallest absolute Gasteiger partial charge is 0.269 e. The summed E-state index contributed by atoms with van der Waals surface area (Å²) >= 11 is 1.14. The van der Waals surface area contributed by atoms with Crippen LogP contribution in [0.1, 0.15) is 10.4 Å². The number of amides is 2.